The largest absolute Gasteiger partial charge is 0.464 e. The van der Waals surface area contributed by atoms with Crippen molar-refractivity contribution in [3.8, 4) is 0 Å². The molecule has 4 nitrogen and oxygen atoms in total. The Morgan fingerprint density at radius 3 is 2.80 bits per heavy atom. The topological polar surface area (TPSA) is 65.2 Å². The van der Waals surface area contributed by atoms with E-state index in [4.69, 9.17) is 5.73 Å². The molecule has 0 aliphatic carbocycles. The van der Waals surface area contributed by atoms with Crippen LogP contribution in [-0.4, -0.2) is 18.1 Å². The molecule has 1 rings (SSSR count). The summed E-state index contributed by atoms with van der Waals surface area (Å²) in [6.45, 7) is -0.0772. The van der Waals surface area contributed by atoms with Gasteiger partial charge in [-0.05, 0) is 11.6 Å². The highest BCUT2D eigenvalue weighted by molar-refractivity contribution is 5.87. The number of nitrogens with zero attached hydrogens (tertiary/aromatic N) is 1. The molecule has 0 bridgehead atoms. The quantitative estimate of drug-likeness (QED) is 0.772. The number of carbonyl (C=O) groups excluding carboxylic acids is 1. The van der Waals surface area contributed by atoms with Crippen molar-refractivity contribution in [3.05, 3.63) is 29.1 Å². The average Bonchev–Trinajstić information content (AvgIpc) is 2.26. The lowest BCUT2D eigenvalue weighted by atomic mass is 10.1. The van der Waals surface area contributed by atoms with Gasteiger partial charge in [-0.15, -0.1) is 0 Å². The minimum absolute atomic E-state index is 0.0256. The molecule has 1 aromatic rings. The fourth-order valence-electron chi connectivity index (χ4n) is 1.10. The Morgan fingerprint density at radius 2 is 2.33 bits per heavy atom. The maximum atomic E-state index is 12.4. The molecule has 0 radical (unpaired) electrons. The molecule has 0 saturated heterocycles. The third kappa shape index (κ3) is 2.47. The molecule has 0 aromatic carbocycles. The van der Waals surface area contributed by atoms with Crippen LogP contribution in [0, 0.1) is 0 Å². The van der Waals surface area contributed by atoms with E-state index in [1.54, 1.807) is 0 Å². The van der Waals surface area contributed by atoms with Crippen LogP contribution < -0.4 is 5.73 Å². The number of aromatic nitrogens is 1. The zero-order valence-electron chi connectivity index (χ0n) is 8.04. The molecule has 0 aliphatic heterocycles. The number of ether oxygens (including phenoxy) is 1. The highest BCUT2D eigenvalue weighted by Gasteiger charge is 2.16. The highest BCUT2D eigenvalue weighted by atomic mass is 19.3. The van der Waals surface area contributed by atoms with Crippen LogP contribution in [0.4, 0.5) is 8.78 Å². The van der Waals surface area contributed by atoms with Gasteiger partial charge in [0, 0.05) is 18.3 Å². The van der Waals surface area contributed by atoms with Crippen molar-refractivity contribution in [3.63, 3.8) is 0 Å². The highest BCUT2D eigenvalue weighted by Crippen LogP contribution is 2.22. The third-order valence-electron chi connectivity index (χ3n) is 1.87. The van der Waals surface area contributed by atoms with Crippen LogP contribution in [0.2, 0.25) is 0 Å². The Balaban J connectivity index is 3.13. The molecule has 82 valence electrons. The van der Waals surface area contributed by atoms with E-state index in [1.165, 1.54) is 13.2 Å². The third-order valence-corrected chi connectivity index (χ3v) is 1.87. The maximum absolute atomic E-state index is 12.4. The van der Waals surface area contributed by atoms with Crippen LogP contribution in [-0.2, 0) is 11.3 Å². The van der Waals surface area contributed by atoms with Crippen LogP contribution in [0.25, 0.3) is 0 Å². The zero-order valence-corrected chi connectivity index (χ0v) is 8.04. The normalized spacial score (nSPS) is 10.5. The number of hydrogen-bond acceptors (Lipinski definition) is 4. The number of alkyl halides is 2. The maximum Gasteiger partial charge on any atom is 0.356 e. The lowest BCUT2D eigenvalue weighted by Crippen LogP contribution is -2.09. The van der Waals surface area contributed by atoms with Gasteiger partial charge in [0.15, 0.2) is 0 Å². The van der Waals surface area contributed by atoms with E-state index in [9.17, 15) is 13.6 Å². The number of nitrogens with two attached hydrogens (primary N) is 1. The van der Waals surface area contributed by atoms with Crippen molar-refractivity contribution in [1.29, 1.82) is 0 Å². The lowest BCUT2D eigenvalue weighted by Gasteiger charge is -2.07. The predicted molar refractivity (Wildman–Crippen MR) is 48.4 cm³/mol. The summed E-state index contributed by atoms with van der Waals surface area (Å²) in [7, 11) is 1.19. The lowest BCUT2D eigenvalue weighted by molar-refractivity contribution is 0.0593. The molecule has 0 aliphatic rings. The molecule has 2 N–H and O–H groups in total. The van der Waals surface area contributed by atoms with Crippen molar-refractivity contribution in [2.75, 3.05) is 7.11 Å². The van der Waals surface area contributed by atoms with Crippen LogP contribution in [0.5, 0.6) is 0 Å². The van der Waals surface area contributed by atoms with Gasteiger partial charge < -0.3 is 10.5 Å². The Hall–Kier alpha value is -1.56. The van der Waals surface area contributed by atoms with Gasteiger partial charge in [0.05, 0.1) is 7.11 Å². The van der Waals surface area contributed by atoms with Crippen LogP contribution >= 0.6 is 0 Å². The predicted octanol–water partition coefficient (Wildman–Crippen LogP) is 1.26. The number of rotatable bonds is 3. The summed E-state index contributed by atoms with van der Waals surface area (Å²) in [6, 6.07) is 1.22. The van der Waals surface area contributed by atoms with Crippen LogP contribution in [0.15, 0.2) is 12.3 Å². The first-order valence-corrected chi connectivity index (χ1v) is 4.15. The van der Waals surface area contributed by atoms with Crippen molar-refractivity contribution < 1.29 is 18.3 Å². The summed E-state index contributed by atoms with van der Waals surface area (Å²) in [5, 5.41) is 0. The van der Waals surface area contributed by atoms with Gasteiger partial charge >= 0.3 is 5.97 Å². The first-order chi connectivity index (χ1) is 7.10. The second-order valence-electron chi connectivity index (χ2n) is 2.76. The fourth-order valence-corrected chi connectivity index (χ4v) is 1.10. The molecule has 6 heteroatoms. The fraction of sp³-hybridized carbons (Fsp3) is 0.333. The van der Waals surface area contributed by atoms with Crippen molar-refractivity contribution >= 4 is 5.97 Å². The molecule has 0 unspecified atom stereocenters. The number of pyridine rings is 1. The molecule has 15 heavy (non-hydrogen) atoms. The van der Waals surface area contributed by atoms with Crippen molar-refractivity contribution in [1.82, 2.24) is 4.98 Å². The van der Waals surface area contributed by atoms with E-state index in [-0.39, 0.29) is 23.4 Å². The van der Waals surface area contributed by atoms with E-state index < -0.39 is 12.4 Å². The van der Waals surface area contributed by atoms with E-state index in [2.05, 4.69) is 9.72 Å². The van der Waals surface area contributed by atoms with Gasteiger partial charge in [-0.2, -0.15) is 0 Å². The molecular weight excluding hydrogens is 206 g/mol. The minimum Gasteiger partial charge on any atom is -0.464 e. The Labute approximate surface area is 85.1 Å². The molecule has 0 fully saturated rings. The number of hydrogen-bond donors (Lipinski definition) is 1. The number of halogens is 2. The SMILES string of the molecule is COC(=O)c1cc(CN)c(C(F)F)cn1. The van der Waals surface area contributed by atoms with Crippen molar-refractivity contribution in [2.45, 2.75) is 13.0 Å². The molecule has 0 amide bonds. The average molecular weight is 216 g/mol. The van der Waals surface area contributed by atoms with Gasteiger partial charge in [0.1, 0.15) is 5.69 Å². The van der Waals surface area contributed by atoms with Crippen LogP contribution in [0.1, 0.15) is 28.0 Å². The van der Waals surface area contributed by atoms with Crippen molar-refractivity contribution in [2.24, 2.45) is 5.73 Å². The smallest absolute Gasteiger partial charge is 0.356 e. The molecular formula is C9H10F2N2O2. The Kier molecular flexibility index (Phi) is 3.68. The summed E-state index contributed by atoms with van der Waals surface area (Å²) < 4.78 is 29.2. The summed E-state index contributed by atoms with van der Waals surface area (Å²) in [5.41, 5.74) is 5.20. The number of carbonyl (C=O) groups is 1. The van der Waals surface area contributed by atoms with Crippen LogP contribution in [0.3, 0.4) is 0 Å². The summed E-state index contributed by atoms with van der Waals surface area (Å²) in [4.78, 5) is 14.6. The molecule has 0 spiro atoms. The minimum atomic E-state index is -2.65. The molecule has 0 atom stereocenters. The summed E-state index contributed by atoms with van der Waals surface area (Å²) in [6.07, 6.45) is -1.71. The standard InChI is InChI=1S/C9H10F2N2O2/c1-15-9(14)7-2-5(3-12)6(4-13-7)8(10)11/h2,4,8H,3,12H2,1H3. The van der Waals surface area contributed by atoms with E-state index in [0.717, 1.165) is 6.20 Å². The second-order valence-corrected chi connectivity index (χ2v) is 2.76. The first kappa shape index (κ1) is 11.5. The molecule has 1 heterocycles. The van der Waals surface area contributed by atoms with E-state index >= 15 is 0 Å². The van der Waals surface area contributed by atoms with Gasteiger partial charge in [-0.3, -0.25) is 0 Å². The Bertz CT molecular complexity index is 369. The summed E-state index contributed by atoms with van der Waals surface area (Å²) in [5.74, 6) is -0.675. The zero-order chi connectivity index (χ0) is 11.4. The van der Waals surface area contributed by atoms with Gasteiger partial charge in [-0.1, -0.05) is 0 Å². The molecule has 0 saturated carbocycles. The van der Waals surface area contributed by atoms with E-state index in [1.807, 2.05) is 0 Å². The molecule has 1 aromatic heterocycles. The first-order valence-electron chi connectivity index (χ1n) is 4.15. The number of esters is 1. The monoisotopic (exact) mass is 216 g/mol. The van der Waals surface area contributed by atoms with Gasteiger partial charge in [0.2, 0.25) is 0 Å². The van der Waals surface area contributed by atoms with Gasteiger partial charge in [-0.25, -0.2) is 18.6 Å². The van der Waals surface area contributed by atoms with Gasteiger partial charge in [0.25, 0.3) is 6.43 Å². The second kappa shape index (κ2) is 4.79. The Morgan fingerprint density at radius 1 is 1.67 bits per heavy atom. The summed E-state index contributed by atoms with van der Waals surface area (Å²) >= 11 is 0. The van der Waals surface area contributed by atoms with E-state index in [0.29, 0.717) is 0 Å². The number of methoxy groups -OCH3 is 1.